The summed E-state index contributed by atoms with van der Waals surface area (Å²) in [6.45, 7) is 3.56. The topological polar surface area (TPSA) is 91.6 Å². The maximum Gasteiger partial charge on any atom is 0.243 e. The molecule has 0 aliphatic carbocycles. The van der Waals surface area contributed by atoms with Gasteiger partial charge < -0.3 is 9.84 Å². The molecule has 0 amide bonds. The lowest BCUT2D eigenvalue weighted by molar-refractivity contribution is 0.190. The Bertz CT molecular complexity index is 876. The number of hydrogen-bond acceptors (Lipinski definition) is 7. The van der Waals surface area contributed by atoms with Gasteiger partial charge in [0.1, 0.15) is 0 Å². The van der Waals surface area contributed by atoms with E-state index in [-0.39, 0.29) is 24.4 Å². The number of aromatic nitrogens is 2. The molecule has 8 nitrogen and oxygen atoms in total. The number of sulfonamides is 1. The third kappa shape index (κ3) is 4.23. The molecule has 2 unspecified atom stereocenters. The van der Waals surface area contributed by atoms with Gasteiger partial charge in [-0.05, 0) is 32.0 Å². The second-order valence-corrected chi connectivity index (χ2v) is 9.14. The fourth-order valence-corrected chi connectivity index (χ4v) is 5.29. The molecule has 10 heteroatoms. The maximum absolute atomic E-state index is 12.9. The Kier molecular flexibility index (Phi) is 6.72. The normalized spacial score (nSPS) is 24.6. The zero-order valence-electron chi connectivity index (χ0n) is 15.8. The van der Waals surface area contributed by atoms with Gasteiger partial charge in [-0.3, -0.25) is 4.90 Å². The summed E-state index contributed by atoms with van der Waals surface area (Å²) < 4.78 is 32.9. The van der Waals surface area contributed by atoms with Crippen LogP contribution in [0.15, 0.2) is 39.8 Å². The van der Waals surface area contributed by atoms with Crippen LogP contribution >= 0.6 is 12.4 Å². The Morgan fingerprint density at radius 2 is 2.00 bits per heavy atom. The van der Waals surface area contributed by atoms with Gasteiger partial charge in [0.2, 0.25) is 15.9 Å². The fourth-order valence-electron chi connectivity index (χ4n) is 3.75. The Hall–Kier alpha value is -1.52. The summed E-state index contributed by atoms with van der Waals surface area (Å²) in [5.74, 6) is 1.14. The average molecular weight is 428 g/mol. The highest BCUT2D eigenvalue weighted by atomic mass is 35.5. The lowest BCUT2D eigenvalue weighted by Gasteiger charge is -2.31. The molecule has 2 fully saturated rings. The van der Waals surface area contributed by atoms with Crippen LogP contribution in [0.1, 0.15) is 36.5 Å². The molecule has 2 aromatic rings. The summed E-state index contributed by atoms with van der Waals surface area (Å²) in [4.78, 5) is 7.15. The quantitative estimate of drug-likeness (QED) is 0.792. The number of halogens is 1. The molecule has 0 saturated carbocycles. The summed E-state index contributed by atoms with van der Waals surface area (Å²) >= 11 is 0. The van der Waals surface area contributed by atoms with Gasteiger partial charge in [-0.15, -0.1) is 12.4 Å². The van der Waals surface area contributed by atoms with Crippen molar-refractivity contribution in [1.29, 1.82) is 0 Å². The third-order valence-corrected chi connectivity index (χ3v) is 7.26. The van der Waals surface area contributed by atoms with Gasteiger partial charge >= 0.3 is 0 Å². The number of nitrogens with zero attached hydrogens (tertiary/aromatic N) is 4. The van der Waals surface area contributed by atoms with Crippen LogP contribution in [0.2, 0.25) is 0 Å². The molecule has 2 aliphatic rings. The van der Waals surface area contributed by atoms with E-state index in [0.29, 0.717) is 29.7 Å². The number of nitrogens with one attached hydrogen (secondary N) is 1. The van der Waals surface area contributed by atoms with E-state index in [4.69, 9.17) is 4.52 Å². The number of likely N-dealkylation sites (N-methyl/N-ethyl adjacent to an activating group) is 1. The molecule has 154 valence electrons. The van der Waals surface area contributed by atoms with Gasteiger partial charge in [-0.25, -0.2) is 8.42 Å². The van der Waals surface area contributed by atoms with E-state index < -0.39 is 10.0 Å². The summed E-state index contributed by atoms with van der Waals surface area (Å²) in [5, 5.41) is 7.52. The number of piperidine rings is 1. The van der Waals surface area contributed by atoms with Gasteiger partial charge in [0.25, 0.3) is 0 Å². The summed E-state index contributed by atoms with van der Waals surface area (Å²) in [6, 6.07) is 8.66. The summed E-state index contributed by atoms with van der Waals surface area (Å²) in [5.41, 5.74) is 0. The molecule has 2 aliphatic heterocycles. The van der Waals surface area contributed by atoms with Crippen molar-refractivity contribution in [3.8, 4) is 0 Å². The number of piperazine rings is 1. The molecule has 1 aromatic heterocycles. The van der Waals surface area contributed by atoms with E-state index in [0.717, 1.165) is 32.5 Å². The van der Waals surface area contributed by atoms with E-state index in [1.165, 1.54) is 4.31 Å². The first kappa shape index (κ1) is 21.2. The predicted molar refractivity (Wildman–Crippen MR) is 107 cm³/mol. The predicted octanol–water partition coefficient (Wildman–Crippen LogP) is 1.64. The standard InChI is InChI=1S/C18H25N5O3S.ClH/c1-22-11-9-19-12-16(22)17-20-18(26-21-17)14-6-5-10-23(13-14)27(24,25)15-7-3-2-4-8-15;/h2-4,7-8,14,16,19H,5-6,9-13H2,1H3;1H. The van der Waals surface area contributed by atoms with Crippen LogP contribution < -0.4 is 5.32 Å². The van der Waals surface area contributed by atoms with Crippen LogP contribution in [0.5, 0.6) is 0 Å². The van der Waals surface area contributed by atoms with Crippen molar-refractivity contribution >= 4 is 22.4 Å². The third-order valence-electron chi connectivity index (χ3n) is 5.38. The fraction of sp³-hybridized carbons (Fsp3) is 0.556. The minimum atomic E-state index is -3.50. The zero-order valence-corrected chi connectivity index (χ0v) is 17.5. The van der Waals surface area contributed by atoms with E-state index in [9.17, 15) is 8.42 Å². The van der Waals surface area contributed by atoms with Crippen molar-refractivity contribution in [2.75, 3.05) is 39.8 Å². The highest BCUT2D eigenvalue weighted by molar-refractivity contribution is 7.89. The van der Waals surface area contributed by atoms with Crippen molar-refractivity contribution in [2.24, 2.45) is 0 Å². The Morgan fingerprint density at radius 3 is 2.75 bits per heavy atom. The largest absolute Gasteiger partial charge is 0.339 e. The molecule has 4 rings (SSSR count). The van der Waals surface area contributed by atoms with E-state index >= 15 is 0 Å². The average Bonchev–Trinajstić information content (AvgIpc) is 3.19. The Labute approximate surface area is 171 Å². The summed E-state index contributed by atoms with van der Waals surface area (Å²) in [7, 11) is -1.45. The van der Waals surface area contributed by atoms with Crippen molar-refractivity contribution in [1.82, 2.24) is 24.7 Å². The Balaban J connectivity index is 0.00000225. The molecule has 1 N–H and O–H groups in total. The van der Waals surface area contributed by atoms with E-state index in [1.54, 1.807) is 24.3 Å². The number of benzene rings is 1. The van der Waals surface area contributed by atoms with Crippen LogP contribution in [-0.4, -0.2) is 67.5 Å². The minimum absolute atomic E-state index is 0. The van der Waals surface area contributed by atoms with Gasteiger partial charge in [0.05, 0.1) is 16.9 Å². The van der Waals surface area contributed by atoms with Crippen LogP contribution in [0.3, 0.4) is 0 Å². The van der Waals surface area contributed by atoms with Gasteiger partial charge in [0, 0.05) is 32.7 Å². The zero-order chi connectivity index (χ0) is 18.9. The molecule has 0 spiro atoms. The molecule has 2 atom stereocenters. The lowest BCUT2D eigenvalue weighted by atomic mass is 10.00. The maximum atomic E-state index is 12.9. The molecule has 0 bridgehead atoms. The highest BCUT2D eigenvalue weighted by Crippen LogP contribution is 2.30. The first-order chi connectivity index (χ1) is 13.1. The molecular formula is C18H26ClN5O3S. The SMILES string of the molecule is CN1CCNCC1c1noc(C2CCCN(S(=O)(=O)c3ccccc3)C2)n1.Cl. The van der Waals surface area contributed by atoms with Gasteiger partial charge in [-0.1, -0.05) is 23.4 Å². The van der Waals surface area contributed by atoms with Crippen molar-refractivity contribution < 1.29 is 12.9 Å². The van der Waals surface area contributed by atoms with Crippen LogP contribution in [-0.2, 0) is 10.0 Å². The molecule has 28 heavy (non-hydrogen) atoms. The smallest absolute Gasteiger partial charge is 0.243 e. The highest BCUT2D eigenvalue weighted by Gasteiger charge is 2.34. The molecule has 2 saturated heterocycles. The van der Waals surface area contributed by atoms with Gasteiger partial charge in [-0.2, -0.15) is 9.29 Å². The molecule has 3 heterocycles. The van der Waals surface area contributed by atoms with E-state index in [2.05, 4.69) is 27.4 Å². The van der Waals surface area contributed by atoms with Crippen LogP contribution in [0.25, 0.3) is 0 Å². The van der Waals surface area contributed by atoms with E-state index in [1.807, 2.05) is 6.07 Å². The van der Waals surface area contributed by atoms with Crippen molar-refractivity contribution in [2.45, 2.75) is 29.7 Å². The minimum Gasteiger partial charge on any atom is -0.339 e. The van der Waals surface area contributed by atoms with Gasteiger partial charge in [0.15, 0.2) is 5.82 Å². The van der Waals surface area contributed by atoms with Crippen molar-refractivity contribution in [3.05, 3.63) is 42.0 Å². The van der Waals surface area contributed by atoms with Crippen molar-refractivity contribution in [3.63, 3.8) is 0 Å². The molecule has 1 aromatic carbocycles. The monoisotopic (exact) mass is 427 g/mol. The number of hydrogen-bond donors (Lipinski definition) is 1. The number of rotatable bonds is 4. The second kappa shape index (κ2) is 8.87. The first-order valence-electron chi connectivity index (χ1n) is 9.35. The lowest BCUT2D eigenvalue weighted by Crippen LogP contribution is -2.44. The van der Waals surface area contributed by atoms with Crippen LogP contribution in [0, 0.1) is 0 Å². The Morgan fingerprint density at radius 1 is 1.21 bits per heavy atom. The molecule has 0 radical (unpaired) electrons. The molecular weight excluding hydrogens is 402 g/mol. The second-order valence-electron chi connectivity index (χ2n) is 7.21. The summed E-state index contributed by atoms with van der Waals surface area (Å²) in [6.07, 6.45) is 1.63. The first-order valence-corrected chi connectivity index (χ1v) is 10.8. The van der Waals surface area contributed by atoms with Crippen LogP contribution in [0.4, 0.5) is 0 Å².